The zero-order valence-corrected chi connectivity index (χ0v) is 15.8. The predicted molar refractivity (Wildman–Crippen MR) is 98.4 cm³/mol. The molecular formula is C17H35N5O2. The SMILES string of the molecule is CCNC(=NCCCOC)NCCCN1CCCC1C(=O)N(C)C. The monoisotopic (exact) mass is 341 g/mol. The van der Waals surface area contributed by atoms with E-state index in [1.54, 1.807) is 12.0 Å². The first-order valence-corrected chi connectivity index (χ1v) is 9.06. The van der Waals surface area contributed by atoms with Gasteiger partial charge in [0.2, 0.25) is 5.91 Å². The van der Waals surface area contributed by atoms with Gasteiger partial charge in [-0.3, -0.25) is 14.7 Å². The molecule has 24 heavy (non-hydrogen) atoms. The summed E-state index contributed by atoms with van der Waals surface area (Å²) in [6.45, 7) is 7.23. The number of methoxy groups -OCH3 is 1. The van der Waals surface area contributed by atoms with Crippen LogP contribution in [0.1, 0.15) is 32.6 Å². The molecule has 1 aliphatic rings. The minimum Gasteiger partial charge on any atom is -0.385 e. The molecule has 0 spiro atoms. The first-order valence-electron chi connectivity index (χ1n) is 9.06. The highest BCUT2D eigenvalue weighted by Gasteiger charge is 2.30. The molecule has 1 unspecified atom stereocenters. The summed E-state index contributed by atoms with van der Waals surface area (Å²) in [5.74, 6) is 1.09. The number of nitrogens with zero attached hydrogens (tertiary/aromatic N) is 3. The lowest BCUT2D eigenvalue weighted by Gasteiger charge is -2.26. The van der Waals surface area contributed by atoms with E-state index in [1.165, 1.54) is 0 Å². The molecule has 0 radical (unpaired) electrons. The molecule has 1 aliphatic heterocycles. The van der Waals surface area contributed by atoms with Crippen molar-refractivity contribution < 1.29 is 9.53 Å². The van der Waals surface area contributed by atoms with Crippen molar-refractivity contribution in [2.24, 2.45) is 4.99 Å². The van der Waals surface area contributed by atoms with Gasteiger partial charge in [-0.2, -0.15) is 0 Å². The highest BCUT2D eigenvalue weighted by Crippen LogP contribution is 2.18. The minimum atomic E-state index is 0.0657. The van der Waals surface area contributed by atoms with Gasteiger partial charge in [0.15, 0.2) is 5.96 Å². The fourth-order valence-electron chi connectivity index (χ4n) is 2.90. The highest BCUT2D eigenvalue weighted by atomic mass is 16.5. The second-order valence-electron chi connectivity index (χ2n) is 6.31. The maximum atomic E-state index is 12.2. The number of hydrogen-bond acceptors (Lipinski definition) is 4. The number of ether oxygens (including phenoxy) is 1. The van der Waals surface area contributed by atoms with Crippen LogP contribution in [0.2, 0.25) is 0 Å². The third-order valence-corrected chi connectivity index (χ3v) is 4.12. The highest BCUT2D eigenvalue weighted by molar-refractivity contribution is 5.81. The van der Waals surface area contributed by atoms with Gasteiger partial charge < -0.3 is 20.3 Å². The fraction of sp³-hybridized carbons (Fsp3) is 0.882. The van der Waals surface area contributed by atoms with Gasteiger partial charge in [0, 0.05) is 54.0 Å². The standard InChI is InChI=1S/C17H35N5O2/c1-5-18-17(20-11-8-14-24-4)19-10-7-13-22-12-6-9-15(22)16(23)21(2)3/h15H,5-14H2,1-4H3,(H2,18,19,20). The van der Waals surface area contributed by atoms with Crippen LogP contribution in [0.4, 0.5) is 0 Å². The molecule has 1 atom stereocenters. The number of carbonyl (C=O) groups excluding carboxylic acids is 1. The number of aliphatic imine (C=N–C) groups is 1. The molecule has 0 aromatic rings. The molecule has 0 aliphatic carbocycles. The molecule has 1 saturated heterocycles. The first-order chi connectivity index (χ1) is 11.6. The zero-order chi connectivity index (χ0) is 17.8. The van der Waals surface area contributed by atoms with Crippen LogP contribution in [-0.2, 0) is 9.53 Å². The largest absolute Gasteiger partial charge is 0.385 e. The molecule has 1 amide bonds. The van der Waals surface area contributed by atoms with E-state index in [4.69, 9.17) is 4.74 Å². The number of carbonyl (C=O) groups is 1. The Labute approximate surface area is 146 Å². The molecule has 1 heterocycles. The minimum absolute atomic E-state index is 0.0657. The van der Waals surface area contributed by atoms with Crippen molar-refractivity contribution >= 4 is 11.9 Å². The number of nitrogens with one attached hydrogen (secondary N) is 2. The third kappa shape index (κ3) is 7.49. The molecule has 1 rings (SSSR count). The summed E-state index contributed by atoms with van der Waals surface area (Å²) >= 11 is 0. The second kappa shape index (κ2) is 12.1. The Morgan fingerprint density at radius 3 is 2.79 bits per heavy atom. The van der Waals surface area contributed by atoms with Crippen LogP contribution in [0.25, 0.3) is 0 Å². The average molecular weight is 342 g/mol. The molecule has 1 fully saturated rings. The van der Waals surface area contributed by atoms with Crippen molar-refractivity contribution in [1.82, 2.24) is 20.4 Å². The molecule has 140 valence electrons. The molecule has 0 saturated carbocycles. The lowest BCUT2D eigenvalue weighted by atomic mass is 10.2. The molecule has 7 nitrogen and oxygen atoms in total. The van der Waals surface area contributed by atoms with Crippen LogP contribution in [0.5, 0.6) is 0 Å². The number of guanidine groups is 1. The van der Waals surface area contributed by atoms with E-state index in [9.17, 15) is 4.79 Å². The van der Waals surface area contributed by atoms with Crippen molar-refractivity contribution in [2.75, 3.05) is 60.5 Å². The van der Waals surface area contributed by atoms with Crippen LogP contribution in [0.3, 0.4) is 0 Å². The van der Waals surface area contributed by atoms with E-state index < -0.39 is 0 Å². The Balaban J connectivity index is 2.30. The fourth-order valence-corrected chi connectivity index (χ4v) is 2.90. The van der Waals surface area contributed by atoms with E-state index in [-0.39, 0.29) is 11.9 Å². The van der Waals surface area contributed by atoms with Crippen LogP contribution in [0.15, 0.2) is 4.99 Å². The first kappa shape index (κ1) is 20.7. The lowest BCUT2D eigenvalue weighted by Crippen LogP contribution is -2.44. The maximum Gasteiger partial charge on any atom is 0.239 e. The van der Waals surface area contributed by atoms with E-state index in [1.807, 2.05) is 14.1 Å². The van der Waals surface area contributed by atoms with Crippen molar-refractivity contribution in [2.45, 2.75) is 38.6 Å². The molecule has 7 heteroatoms. The van der Waals surface area contributed by atoms with Gasteiger partial charge in [-0.15, -0.1) is 0 Å². The summed E-state index contributed by atoms with van der Waals surface area (Å²) in [6, 6.07) is 0.0657. The summed E-state index contributed by atoms with van der Waals surface area (Å²) < 4.78 is 5.04. The smallest absolute Gasteiger partial charge is 0.239 e. The van der Waals surface area contributed by atoms with E-state index in [2.05, 4.69) is 27.4 Å². The van der Waals surface area contributed by atoms with Crippen molar-refractivity contribution in [3.05, 3.63) is 0 Å². The number of amides is 1. The van der Waals surface area contributed by atoms with E-state index in [0.717, 1.165) is 71.0 Å². The van der Waals surface area contributed by atoms with Crippen LogP contribution in [0, 0.1) is 0 Å². The summed E-state index contributed by atoms with van der Waals surface area (Å²) in [5.41, 5.74) is 0. The van der Waals surface area contributed by atoms with Crippen LogP contribution >= 0.6 is 0 Å². The summed E-state index contributed by atoms with van der Waals surface area (Å²) in [7, 11) is 5.38. The predicted octanol–water partition coefficient (Wildman–Crippen LogP) is 0.521. The average Bonchev–Trinajstić information content (AvgIpc) is 3.02. The normalized spacial score (nSPS) is 18.7. The van der Waals surface area contributed by atoms with Gasteiger partial charge in [-0.05, 0) is 39.2 Å². The van der Waals surface area contributed by atoms with Crippen LogP contribution in [-0.4, -0.2) is 88.2 Å². The van der Waals surface area contributed by atoms with E-state index in [0.29, 0.717) is 0 Å². The van der Waals surface area contributed by atoms with Crippen LogP contribution < -0.4 is 10.6 Å². The third-order valence-electron chi connectivity index (χ3n) is 4.12. The summed E-state index contributed by atoms with van der Waals surface area (Å²) in [4.78, 5) is 20.7. The van der Waals surface area contributed by atoms with Gasteiger partial charge >= 0.3 is 0 Å². The Morgan fingerprint density at radius 2 is 2.12 bits per heavy atom. The van der Waals surface area contributed by atoms with Gasteiger partial charge in [0.1, 0.15) is 0 Å². The molecule has 0 aromatic carbocycles. The lowest BCUT2D eigenvalue weighted by molar-refractivity contribution is -0.133. The maximum absolute atomic E-state index is 12.2. The topological polar surface area (TPSA) is 69.2 Å². The molecule has 0 bridgehead atoms. The Morgan fingerprint density at radius 1 is 1.33 bits per heavy atom. The Hall–Kier alpha value is -1.34. The van der Waals surface area contributed by atoms with Gasteiger partial charge in [0.25, 0.3) is 0 Å². The molecule has 0 aromatic heterocycles. The van der Waals surface area contributed by atoms with Crippen molar-refractivity contribution in [1.29, 1.82) is 0 Å². The second-order valence-corrected chi connectivity index (χ2v) is 6.31. The van der Waals surface area contributed by atoms with Gasteiger partial charge in [0.05, 0.1) is 6.04 Å². The number of likely N-dealkylation sites (N-methyl/N-ethyl adjacent to an activating group) is 1. The Kier molecular flexibility index (Phi) is 10.4. The van der Waals surface area contributed by atoms with Crippen molar-refractivity contribution in [3.8, 4) is 0 Å². The number of rotatable bonds is 10. The van der Waals surface area contributed by atoms with Gasteiger partial charge in [-0.1, -0.05) is 0 Å². The number of likely N-dealkylation sites (tertiary alicyclic amines) is 1. The summed E-state index contributed by atoms with van der Waals surface area (Å²) in [6.07, 6.45) is 4.02. The van der Waals surface area contributed by atoms with E-state index >= 15 is 0 Å². The summed E-state index contributed by atoms with van der Waals surface area (Å²) in [5, 5.41) is 6.62. The van der Waals surface area contributed by atoms with Crippen molar-refractivity contribution in [3.63, 3.8) is 0 Å². The quantitative estimate of drug-likeness (QED) is 0.344. The zero-order valence-electron chi connectivity index (χ0n) is 15.8. The molecular weight excluding hydrogens is 306 g/mol. The van der Waals surface area contributed by atoms with Gasteiger partial charge in [-0.25, -0.2) is 0 Å². The molecule has 2 N–H and O–H groups in total. The Bertz CT molecular complexity index is 387. The number of hydrogen-bond donors (Lipinski definition) is 2.